The molecule has 0 spiro atoms. The third-order valence-electron chi connectivity index (χ3n) is 6.67. The van der Waals surface area contributed by atoms with Crippen molar-refractivity contribution in [2.24, 2.45) is 0 Å². The van der Waals surface area contributed by atoms with E-state index >= 15 is 0 Å². The van der Waals surface area contributed by atoms with Crippen LogP contribution in [0.1, 0.15) is 58.4 Å². The molecule has 2 aromatic rings. The summed E-state index contributed by atoms with van der Waals surface area (Å²) >= 11 is 0. The van der Waals surface area contributed by atoms with E-state index in [-0.39, 0.29) is 18.0 Å². The van der Waals surface area contributed by atoms with Crippen molar-refractivity contribution in [3.8, 4) is 0 Å². The van der Waals surface area contributed by atoms with E-state index in [2.05, 4.69) is 31.9 Å². The monoisotopic (exact) mass is 450 g/mol. The van der Waals surface area contributed by atoms with Gasteiger partial charge in [0.15, 0.2) is 0 Å². The average molecular weight is 451 g/mol. The standard InChI is InChI=1S/C25H34N6O2/c1-16-11-17(2)29-25(33)22(16)15-28-24(32)20-12-19(31-9-7-27-8-10-31)13-23(21(20)14-26)30-18-5-3-4-6-18/h11-14,18,26-27,30H,3-10,15H2,1-2H3,(H,28,32)(H,29,33). The van der Waals surface area contributed by atoms with E-state index in [9.17, 15) is 9.59 Å². The van der Waals surface area contributed by atoms with Crippen LogP contribution >= 0.6 is 0 Å². The van der Waals surface area contributed by atoms with Gasteiger partial charge in [0.1, 0.15) is 0 Å². The molecule has 33 heavy (non-hydrogen) atoms. The third kappa shape index (κ3) is 5.27. The van der Waals surface area contributed by atoms with Crippen LogP contribution in [0.2, 0.25) is 0 Å². The number of nitrogens with zero attached hydrogens (tertiary/aromatic N) is 1. The van der Waals surface area contributed by atoms with Crippen LogP contribution in [0.25, 0.3) is 0 Å². The minimum Gasteiger partial charge on any atom is -0.382 e. The third-order valence-corrected chi connectivity index (χ3v) is 6.67. The van der Waals surface area contributed by atoms with E-state index in [4.69, 9.17) is 5.41 Å². The highest BCUT2D eigenvalue weighted by Gasteiger charge is 2.22. The van der Waals surface area contributed by atoms with E-state index < -0.39 is 0 Å². The fourth-order valence-electron chi connectivity index (χ4n) is 4.86. The first-order chi connectivity index (χ1) is 16.0. The van der Waals surface area contributed by atoms with E-state index in [0.717, 1.165) is 61.7 Å². The van der Waals surface area contributed by atoms with Crippen LogP contribution in [0.15, 0.2) is 23.0 Å². The summed E-state index contributed by atoms with van der Waals surface area (Å²) in [6, 6.07) is 6.23. The van der Waals surface area contributed by atoms with Gasteiger partial charge < -0.3 is 31.2 Å². The molecule has 8 heteroatoms. The van der Waals surface area contributed by atoms with E-state index in [1.807, 2.05) is 26.0 Å². The molecule has 0 atom stereocenters. The molecule has 1 aromatic heterocycles. The molecule has 5 N–H and O–H groups in total. The molecule has 0 bridgehead atoms. The smallest absolute Gasteiger partial charge is 0.253 e. The number of aryl methyl sites for hydroxylation is 2. The second-order valence-corrected chi connectivity index (χ2v) is 9.09. The Morgan fingerprint density at radius 1 is 1.18 bits per heavy atom. The maximum Gasteiger partial charge on any atom is 0.253 e. The summed E-state index contributed by atoms with van der Waals surface area (Å²) in [5, 5.41) is 18.0. The van der Waals surface area contributed by atoms with Gasteiger partial charge in [0, 0.05) is 73.2 Å². The van der Waals surface area contributed by atoms with Crippen molar-refractivity contribution < 1.29 is 4.79 Å². The van der Waals surface area contributed by atoms with Crippen LogP contribution in [0.3, 0.4) is 0 Å². The highest BCUT2D eigenvalue weighted by molar-refractivity contribution is 6.06. The molecule has 2 heterocycles. The first-order valence-corrected chi connectivity index (χ1v) is 11.8. The van der Waals surface area contributed by atoms with Gasteiger partial charge in [-0.15, -0.1) is 0 Å². The number of piperazine rings is 1. The number of rotatable bonds is 7. The Balaban J connectivity index is 1.65. The van der Waals surface area contributed by atoms with Gasteiger partial charge in [-0.1, -0.05) is 12.8 Å². The fraction of sp³-hybridized carbons (Fsp3) is 0.480. The molecule has 1 amide bonds. The molecule has 8 nitrogen and oxygen atoms in total. The second-order valence-electron chi connectivity index (χ2n) is 9.09. The quantitative estimate of drug-likeness (QED) is 0.416. The molecular weight excluding hydrogens is 416 g/mol. The summed E-state index contributed by atoms with van der Waals surface area (Å²) in [4.78, 5) is 30.8. The van der Waals surface area contributed by atoms with Crippen molar-refractivity contribution >= 4 is 23.5 Å². The van der Waals surface area contributed by atoms with Crippen molar-refractivity contribution in [1.82, 2.24) is 15.6 Å². The molecule has 1 saturated heterocycles. The molecule has 0 radical (unpaired) electrons. The molecule has 2 fully saturated rings. The zero-order valence-electron chi connectivity index (χ0n) is 19.5. The van der Waals surface area contributed by atoms with Crippen LogP contribution in [0.5, 0.6) is 0 Å². The predicted molar refractivity (Wildman–Crippen MR) is 133 cm³/mol. The number of benzene rings is 1. The number of hydrogen-bond acceptors (Lipinski definition) is 6. The maximum absolute atomic E-state index is 13.3. The van der Waals surface area contributed by atoms with E-state index in [1.165, 1.54) is 19.1 Å². The Bertz CT molecular complexity index is 1080. The molecule has 1 saturated carbocycles. The zero-order chi connectivity index (χ0) is 23.4. The molecule has 1 aliphatic carbocycles. The molecule has 1 aliphatic heterocycles. The second kappa shape index (κ2) is 10.2. The van der Waals surface area contributed by atoms with Crippen LogP contribution in [-0.4, -0.2) is 49.3 Å². The zero-order valence-corrected chi connectivity index (χ0v) is 19.5. The van der Waals surface area contributed by atoms with Crippen LogP contribution in [0, 0.1) is 19.3 Å². The lowest BCUT2D eigenvalue weighted by atomic mass is 10.0. The minimum atomic E-state index is -0.278. The van der Waals surface area contributed by atoms with Gasteiger partial charge in [0.25, 0.3) is 11.5 Å². The number of anilines is 2. The lowest BCUT2D eigenvalue weighted by Gasteiger charge is -2.31. The Hall–Kier alpha value is -3.13. The van der Waals surface area contributed by atoms with Gasteiger partial charge in [-0.2, -0.15) is 0 Å². The number of carbonyl (C=O) groups is 1. The number of pyridine rings is 1. The van der Waals surface area contributed by atoms with Crippen molar-refractivity contribution in [1.29, 1.82) is 5.41 Å². The number of hydrogen-bond donors (Lipinski definition) is 5. The molecular formula is C25H34N6O2. The van der Waals surface area contributed by atoms with Crippen LogP contribution in [0.4, 0.5) is 11.4 Å². The SMILES string of the molecule is Cc1cc(C)c(CNC(=O)c2cc(N3CCNCC3)cc(NC3CCCC3)c2C=N)c(=O)[nH]1. The molecule has 0 unspecified atom stereocenters. The van der Waals surface area contributed by atoms with Gasteiger partial charge in [0.2, 0.25) is 0 Å². The number of aromatic nitrogens is 1. The summed E-state index contributed by atoms with van der Waals surface area (Å²) in [5.74, 6) is -0.278. The largest absolute Gasteiger partial charge is 0.382 e. The first-order valence-electron chi connectivity index (χ1n) is 11.8. The highest BCUT2D eigenvalue weighted by atomic mass is 16.1. The van der Waals surface area contributed by atoms with Gasteiger partial charge >= 0.3 is 0 Å². The Labute approximate surface area is 194 Å². The first kappa shape index (κ1) is 23.0. The normalized spacial score (nSPS) is 16.6. The number of nitrogens with one attached hydrogen (secondary N) is 5. The van der Waals surface area contributed by atoms with E-state index in [1.54, 1.807) is 0 Å². The maximum atomic E-state index is 13.3. The van der Waals surface area contributed by atoms with Gasteiger partial charge in [-0.05, 0) is 50.5 Å². The number of H-pyrrole nitrogens is 1. The summed E-state index contributed by atoms with van der Waals surface area (Å²) in [6.07, 6.45) is 5.87. The Kier molecular flexibility index (Phi) is 7.13. The van der Waals surface area contributed by atoms with Crippen LogP contribution in [-0.2, 0) is 6.54 Å². The lowest BCUT2D eigenvalue weighted by molar-refractivity contribution is 0.0950. The van der Waals surface area contributed by atoms with Crippen molar-refractivity contribution in [3.05, 3.63) is 56.5 Å². The lowest BCUT2D eigenvalue weighted by Crippen LogP contribution is -2.43. The van der Waals surface area contributed by atoms with E-state index in [0.29, 0.717) is 22.7 Å². The summed E-state index contributed by atoms with van der Waals surface area (Å²) < 4.78 is 0. The highest BCUT2D eigenvalue weighted by Crippen LogP contribution is 2.30. The van der Waals surface area contributed by atoms with Crippen LogP contribution < -0.4 is 26.4 Å². The topological polar surface area (TPSA) is 113 Å². The van der Waals surface area contributed by atoms with Gasteiger partial charge in [0.05, 0.1) is 5.56 Å². The van der Waals surface area contributed by atoms with Gasteiger partial charge in [-0.3, -0.25) is 9.59 Å². The molecule has 2 aliphatic rings. The van der Waals surface area contributed by atoms with Crippen molar-refractivity contribution in [2.75, 3.05) is 36.4 Å². The fourth-order valence-corrected chi connectivity index (χ4v) is 4.86. The summed E-state index contributed by atoms with van der Waals surface area (Å²) in [6.45, 7) is 7.39. The number of aromatic amines is 1. The number of carbonyl (C=O) groups excluding carboxylic acids is 1. The molecule has 1 aromatic carbocycles. The summed E-state index contributed by atoms with van der Waals surface area (Å²) in [5.41, 5.74) is 4.88. The number of amides is 1. The minimum absolute atomic E-state index is 0.140. The summed E-state index contributed by atoms with van der Waals surface area (Å²) in [7, 11) is 0. The Morgan fingerprint density at radius 3 is 2.58 bits per heavy atom. The van der Waals surface area contributed by atoms with Crippen molar-refractivity contribution in [3.63, 3.8) is 0 Å². The van der Waals surface area contributed by atoms with Crippen molar-refractivity contribution in [2.45, 2.75) is 52.1 Å². The van der Waals surface area contributed by atoms with Gasteiger partial charge in [-0.25, -0.2) is 0 Å². The average Bonchev–Trinajstić information content (AvgIpc) is 3.31. The molecule has 176 valence electrons. The predicted octanol–water partition coefficient (Wildman–Crippen LogP) is 2.68. The Morgan fingerprint density at radius 2 is 1.91 bits per heavy atom. The molecule has 4 rings (SSSR count).